The van der Waals surface area contributed by atoms with Gasteiger partial charge in [0.1, 0.15) is 5.70 Å². The Labute approximate surface area is 194 Å². The molecule has 12 heteroatoms. The van der Waals surface area contributed by atoms with Crippen LogP contribution in [0.15, 0.2) is 41.2 Å². The zero-order valence-corrected chi connectivity index (χ0v) is 19.3. The Hall–Kier alpha value is -3.51. The molecule has 2 amide bonds. The Morgan fingerprint density at radius 2 is 2.06 bits per heavy atom. The summed E-state index contributed by atoms with van der Waals surface area (Å²) in [6.07, 6.45) is 4.12. The van der Waals surface area contributed by atoms with Gasteiger partial charge in [0.15, 0.2) is 5.17 Å². The maximum absolute atomic E-state index is 13.0. The summed E-state index contributed by atoms with van der Waals surface area (Å²) >= 11 is 1.15. The first-order valence-corrected chi connectivity index (χ1v) is 11.1. The molecular weight excluding hydrogens is 448 g/mol. The van der Waals surface area contributed by atoms with Crippen molar-refractivity contribution >= 4 is 46.2 Å². The number of amidine groups is 1. The van der Waals surface area contributed by atoms with Crippen molar-refractivity contribution in [1.82, 2.24) is 14.7 Å². The van der Waals surface area contributed by atoms with Crippen LogP contribution in [0.3, 0.4) is 0 Å². The second kappa shape index (κ2) is 10.9. The lowest BCUT2D eigenvalue weighted by molar-refractivity contribution is -0.384. The number of aryl methyl sites for hydroxylation is 2. The highest BCUT2D eigenvalue weighted by Gasteiger charge is 2.30. The summed E-state index contributed by atoms with van der Waals surface area (Å²) < 4.78 is 6.75. The Morgan fingerprint density at radius 3 is 2.67 bits per heavy atom. The van der Waals surface area contributed by atoms with Crippen molar-refractivity contribution in [2.75, 3.05) is 31.3 Å². The van der Waals surface area contributed by atoms with Crippen LogP contribution in [-0.2, 0) is 21.4 Å². The van der Waals surface area contributed by atoms with Gasteiger partial charge in [0.05, 0.1) is 16.4 Å². The van der Waals surface area contributed by atoms with Crippen molar-refractivity contribution in [3.8, 4) is 0 Å². The van der Waals surface area contributed by atoms with Crippen molar-refractivity contribution in [3.63, 3.8) is 0 Å². The number of rotatable bonds is 9. The molecule has 3 rings (SSSR count). The fourth-order valence-electron chi connectivity index (χ4n) is 3.11. The number of hydrogen-bond donors (Lipinski definition) is 1. The van der Waals surface area contributed by atoms with Crippen LogP contribution in [0, 0.1) is 17.0 Å². The molecule has 1 N–H and O–H groups in total. The molecular formula is C21H24N6O5S. The molecule has 1 aromatic carbocycles. The maximum atomic E-state index is 13.0. The fourth-order valence-corrected chi connectivity index (χ4v) is 3.93. The van der Waals surface area contributed by atoms with E-state index < -0.39 is 4.92 Å². The van der Waals surface area contributed by atoms with Gasteiger partial charge in [0.2, 0.25) is 5.91 Å². The predicted octanol–water partition coefficient (Wildman–Crippen LogP) is 2.58. The molecule has 0 saturated carbocycles. The molecule has 33 heavy (non-hydrogen) atoms. The average molecular weight is 473 g/mol. The van der Waals surface area contributed by atoms with Gasteiger partial charge in [-0.05, 0) is 31.6 Å². The average Bonchev–Trinajstić information content (AvgIpc) is 3.25. The molecule has 0 spiro atoms. The van der Waals surface area contributed by atoms with Gasteiger partial charge in [-0.25, -0.2) is 4.99 Å². The van der Waals surface area contributed by atoms with Gasteiger partial charge in [-0.2, -0.15) is 5.10 Å². The predicted molar refractivity (Wildman–Crippen MR) is 126 cm³/mol. The van der Waals surface area contributed by atoms with E-state index in [4.69, 9.17) is 4.74 Å². The van der Waals surface area contributed by atoms with Crippen LogP contribution in [0.4, 0.5) is 11.4 Å². The topological polar surface area (TPSA) is 132 Å². The number of aromatic nitrogens is 2. The lowest BCUT2D eigenvalue weighted by atomic mass is 10.2. The molecule has 0 fully saturated rings. The molecule has 1 aromatic heterocycles. The van der Waals surface area contributed by atoms with E-state index in [1.807, 2.05) is 13.1 Å². The summed E-state index contributed by atoms with van der Waals surface area (Å²) in [7, 11) is 3.39. The zero-order chi connectivity index (χ0) is 24.0. The third kappa shape index (κ3) is 6.26. The first kappa shape index (κ1) is 24.1. The molecule has 11 nitrogen and oxygen atoms in total. The first-order valence-electron chi connectivity index (χ1n) is 10.1. The van der Waals surface area contributed by atoms with E-state index in [1.165, 1.54) is 24.3 Å². The molecule has 2 aromatic rings. The number of nitro groups is 1. The normalized spacial score (nSPS) is 14.6. The van der Waals surface area contributed by atoms with Crippen LogP contribution in [-0.4, -0.2) is 62.6 Å². The second-order valence-electron chi connectivity index (χ2n) is 7.21. The Kier molecular flexibility index (Phi) is 7.96. The van der Waals surface area contributed by atoms with E-state index in [9.17, 15) is 19.7 Å². The number of nitrogens with one attached hydrogen (secondary N) is 1. The van der Waals surface area contributed by atoms with Crippen LogP contribution in [0.5, 0.6) is 0 Å². The summed E-state index contributed by atoms with van der Waals surface area (Å²) in [5.41, 5.74) is 2.24. The standard InChI is InChI=1S/C21H24N6O5S/c1-14-15(12-25(2)24-14)11-18-20(29)26(9-4-10-32-3)21(23-18)33-13-19(28)22-16-5-7-17(8-6-16)27(30)31/h5-8,11-12H,4,9-10,13H2,1-3H3,(H,22,28)/b18-11+. The summed E-state index contributed by atoms with van der Waals surface area (Å²) in [4.78, 5) is 41.6. The number of ether oxygens (including phenoxy) is 1. The molecule has 0 bridgehead atoms. The quantitative estimate of drug-likeness (QED) is 0.257. The van der Waals surface area contributed by atoms with Crippen molar-refractivity contribution < 1.29 is 19.2 Å². The molecule has 2 heterocycles. The molecule has 174 valence electrons. The molecule has 0 saturated heterocycles. The Bertz CT molecular complexity index is 1110. The number of nitro benzene ring substituents is 1. The smallest absolute Gasteiger partial charge is 0.278 e. The molecule has 1 aliphatic rings. The van der Waals surface area contributed by atoms with Crippen LogP contribution >= 0.6 is 11.8 Å². The van der Waals surface area contributed by atoms with E-state index in [-0.39, 0.29) is 29.0 Å². The number of hydrogen-bond acceptors (Lipinski definition) is 8. The van der Waals surface area contributed by atoms with Crippen LogP contribution in [0.25, 0.3) is 6.08 Å². The molecule has 0 unspecified atom stereocenters. The highest BCUT2D eigenvalue weighted by molar-refractivity contribution is 8.14. The lowest BCUT2D eigenvalue weighted by Gasteiger charge is -2.17. The first-order chi connectivity index (χ1) is 15.8. The second-order valence-corrected chi connectivity index (χ2v) is 8.15. The number of non-ortho nitro benzene ring substituents is 1. The number of benzene rings is 1. The van der Waals surface area contributed by atoms with E-state index in [0.29, 0.717) is 30.4 Å². The third-order valence-electron chi connectivity index (χ3n) is 4.68. The fraction of sp³-hybridized carbons (Fsp3) is 0.333. The number of methoxy groups -OCH3 is 1. The van der Waals surface area contributed by atoms with Gasteiger partial charge in [-0.1, -0.05) is 11.8 Å². The third-order valence-corrected chi connectivity index (χ3v) is 5.66. The van der Waals surface area contributed by atoms with Gasteiger partial charge in [0, 0.05) is 56.9 Å². The zero-order valence-electron chi connectivity index (χ0n) is 18.5. The number of nitrogens with zero attached hydrogens (tertiary/aromatic N) is 5. The lowest BCUT2D eigenvalue weighted by Crippen LogP contribution is -2.32. The molecule has 1 aliphatic heterocycles. The van der Waals surface area contributed by atoms with E-state index in [0.717, 1.165) is 23.0 Å². The molecule has 0 radical (unpaired) electrons. The number of thioether (sulfide) groups is 1. The minimum atomic E-state index is -0.507. The van der Waals surface area contributed by atoms with Gasteiger partial charge in [-0.3, -0.25) is 29.3 Å². The largest absolute Gasteiger partial charge is 0.385 e. The van der Waals surface area contributed by atoms with Crippen LogP contribution in [0.2, 0.25) is 0 Å². The minimum Gasteiger partial charge on any atom is -0.385 e. The highest BCUT2D eigenvalue weighted by Crippen LogP contribution is 2.25. The minimum absolute atomic E-state index is 0.0169. The van der Waals surface area contributed by atoms with Gasteiger partial charge in [-0.15, -0.1) is 0 Å². The Balaban J connectivity index is 1.70. The highest BCUT2D eigenvalue weighted by atomic mass is 32.2. The summed E-state index contributed by atoms with van der Waals surface area (Å²) in [5, 5.41) is 18.1. The van der Waals surface area contributed by atoms with E-state index in [1.54, 1.807) is 29.8 Å². The van der Waals surface area contributed by atoms with Gasteiger partial charge in [0.25, 0.3) is 11.6 Å². The summed E-state index contributed by atoms with van der Waals surface area (Å²) in [5.74, 6) is -0.544. The summed E-state index contributed by atoms with van der Waals surface area (Å²) in [6, 6.07) is 5.56. The van der Waals surface area contributed by atoms with E-state index >= 15 is 0 Å². The van der Waals surface area contributed by atoms with Crippen molar-refractivity contribution in [1.29, 1.82) is 0 Å². The van der Waals surface area contributed by atoms with Crippen LogP contribution in [0.1, 0.15) is 17.7 Å². The Morgan fingerprint density at radius 1 is 1.33 bits per heavy atom. The van der Waals surface area contributed by atoms with Crippen molar-refractivity contribution in [2.45, 2.75) is 13.3 Å². The summed E-state index contributed by atoms with van der Waals surface area (Å²) in [6.45, 7) is 2.75. The van der Waals surface area contributed by atoms with E-state index in [2.05, 4.69) is 15.4 Å². The maximum Gasteiger partial charge on any atom is 0.278 e. The number of carbonyl (C=O) groups excluding carboxylic acids is 2. The van der Waals surface area contributed by atoms with Crippen LogP contribution < -0.4 is 5.32 Å². The van der Waals surface area contributed by atoms with Gasteiger partial charge >= 0.3 is 0 Å². The molecule has 0 aliphatic carbocycles. The number of amides is 2. The number of anilines is 1. The number of aliphatic imine (C=N–C) groups is 1. The molecule has 0 atom stereocenters. The SMILES string of the molecule is COCCCN1C(=O)/C(=C\c2cn(C)nc2C)N=C1SCC(=O)Nc1ccc([N+](=O)[O-])cc1. The van der Waals surface area contributed by atoms with Gasteiger partial charge < -0.3 is 10.1 Å². The van der Waals surface area contributed by atoms with Crippen molar-refractivity contribution in [2.24, 2.45) is 12.0 Å². The number of carbonyl (C=O) groups is 2. The monoisotopic (exact) mass is 472 g/mol. The van der Waals surface area contributed by atoms with Crippen molar-refractivity contribution in [3.05, 3.63) is 57.5 Å².